The molecule has 2 saturated carbocycles. The number of hydrogen-bond acceptors (Lipinski definition) is 29. The van der Waals surface area contributed by atoms with Crippen LogP contribution in [0.15, 0.2) is 199 Å². The Morgan fingerprint density at radius 2 is 0.917 bits per heavy atom. The van der Waals surface area contributed by atoms with Crippen LogP contribution in [0.5, 0.6) is 0 Å². The summed E-state index contributed by atoms with van der Waals surface area (Å²) in [5.74, 6) is 2.01. The third-order valence-corrected chi connectivity index (χ3v) is 22.8. The van der Waals surface area contributed by atoms with Crippen molar-refractivity contribution in [3.8, 4) is 53.2 Å². The molecule has 0 saturated heterocycles. The molecule has 1 unspecified atom stereocenters. The summed E-state index contributed by atoms with van der Waals surface area (Å²) >= 11 is 9.30. The van der Waals surface area contributed by atoms with Gasteiger partial charge < -0.3 is 73.6 Å². The van der Waals surface area contributed by atoms with Gasteiger partial charge in [0, 0.05) is 78.8 Å². The van der Waals surface area contributed by atoms with E-state index in [-0.39, 0.29) is 77.2 Å². The maximum absolute atomic E-state index is 12.2. The van der Waals surface area contributed by atoms with Crippen molar-refractivity contribution in [3.05, 3.63) is 222 Å². The van der Waals surface area contributed by atoms with Crippen molar-refractivity contribution < 1.29 is 80.1 Å². The first-order valence-corrected chi connectivity index (χ1v) is 44.0. The molecule has 12 heterocycles. The van der Waals surface area contributed by atoms with E-state index in [1.54, 1.807) is 70.4 Å². The molecule has 1 aromatic carbocycles. The molecule has 120 heavy (non-hydrogen) atoms. The smallest absolute Gasteiger partial charge is 0.328 e. The summed E-state index contributed by atoms with van der Waals surface area (Å²) in [6.07, 6.45) is 13.8. The van der Waals surface area contributed by atoms with Crippen molar-refractivity contribution >= 4 is 128 Å². The standard InChI is InChI=1S/C17H14N2O2S.2C15H18N2O4S.C13H16N2O3S.C13H12N2O2S.C12H14N2O2S/c20-17(14-10-15(21-19-14)16-7-4-8-22-16)18-13-9-12(13)11-5-2-1-3-6-11;1-9(2)7-11(15(19)20-3)16-14(18)10-8-12(21-17-10)13-5-4-6-22-13;1-20-14(18)7-3-2-4-8-16-15(19)11-10-12(21-17-11)13-6-5-9-22-13;1-2-4-9(8-16)14-13(17)10-7-11(18-15-10)12-5-3-6-19-12;16-13(14-9-3-4-9)12-8-10(17-15-12)5-6-11-2-1-7-18-11;1-2-3-6-13-12(15)9-8-10(16-14-9)11-5-4-7-17-11/h1-8,10,12-13H,9H2,(H,18,20);4-6,8-9,11H,7H2,1-3H3,(H,16,18);5-6,9-10H,2-4,7-8H2,1H3,(H,16,19);3,5-7,9,16H,2,4,8H2,1H3,(H,14,17);1-2,5-9H,3-4H2,(H,14,16);4-5,7-8H,2-3,6H2,1H3,(H,13,15)/b;;;;6-5+;/t12-,13?;11-;;9-;;/m11.0../s1. The molecule has 2 aliphatic carbocycles. The van der Waals surface area contributed by atoms with Crippen LogP contribution in [-0.2, 0) is 19.1 Å². The van der Waals surface area contributed by atoms with Crippen LogP contribution in [0.25, 0.3) is 65.3 Å². The van der Waals surface area contributed by atoms with Crippen molar-refractivity contribution in [2.24, 2.45) is 5.92 Å². The Kier molecular flexibility index (Phi) is 35.9. The molecule has 0 spiro atoms. The average molecular weight is 1750 g/mol. The van der Waals surface area contributed by atoms with Crippen LogP contribution in [0, 0.1) is 5.92 Å². The van der Waals surface area contributed by atoms with Gasteiger partial charge in [0.1, 0.15) is 6.04 Å². The van der Waals surface area contributed by atoms with Crippen LogP contribution in [0.3, 0.4) is 0 Å². The molecule has 35 heteroatoms. The zero-order chi connectivity index (χ0) is 85.0. The van der Waals surface area contributed by atoms with Gasteiger partial charge in [0.15, 0.2) is 68.7 Å². The van der Waals surface area contributed by atoms with E-state index in [1.165, 1.54) is 53.8 Å². The number of amides is 6. The fraction of sp³-hybridized carbons (Fsp3) is 0.318. The Hall–Kier alpha value is -11.9. The molecule has 0 aliphatic heterocycles. The molecule has 2 aliphatic rings. The number of carbonyl (C=O) groups is 8. The first kappa shape index (κ1) is 90.5. The third kappa shape index (κ3) is 29.0. The quantitative estimate of drug-likeness (QED) is 0.0148. The Bertz CT molecular complexity index is 5260. The second-order valence-corrected chi connectivity index (χ2v) is 33.1. The number of methoxy groups -OCH3 is 2. The number of nitrogens with zero attached hydrogens (tertiary/aromatic N) is 6. The molecule has 7 N–H and O–H groups in total. The number of aliphatic hydroxyl groups is 1. The molecule has 4 atom stereocenters. The number of rotatable bonds is 33. The second-order valence-electron chi connectivity index (χ2n) is 27.4. The number of nitrogens with one attached hydrogen (secondary N) is 6. The van der Waals surface area contributed by atoms with Gasteiger partial charge in [0.2, 0.25) is 0 Å². The van der Waals surface area contributed by atoms with E-state index in [9.17, 15) is 38.4 Å². The lowest BCUT2D eigenvalue weighted by molar-refractivity contribution is -0.143. The van der Waals surface area contributed by atoms with Gasteiger partial charge in [-0.2, -0.15) is 0 Å². The van der Waals surface area contributed by atoms with Crippen LogP contribution >= 0.6 is 68.0 Å². The largest absolute Gasteiger partial charge is 0.469 e. The zero-order valence-electron chi connectivity index (χ0n) is 66.6. The highest BCUT2D eigenvalue weighted by atomic mass is 32.1. The van der Waals surface area contributed by atoms with Crippen molar-refractivity contribution in [1.82, 2.24) is 62.8 Å². The van der Waals surface area contributed by atoms with Crippen LogP contribution in [0.2, 0.25) is 0 Å². The maximum atomic E-state index is 12.2. The molecule has 2 fully saturated rings. The SMILES string of the molecule is CCCCNC(=O)c1cc(-c2cccs2)on1.CCC[C@@H](CO)NC(=O)c1cc(-c2cccs2)on1.COC(=O)CCCCCNC(=O)c1cc(-c2cccs2)on1.COC(=O)[C@@H](CC(C)C)NC(=O)c1cc(-c2cccs2)on1.O=C(NC1CC1)c1cc(/C=C/c2cccs2)on1.O=C(NC1C[C@@H]1c1ccccc1)c1cc(-c2cccs2)on1. The topological polar surface area (TPSA) is 404 Å². The van der Waals surface area contributed by atoms with Gasteiger partial charge in [-0.25, -0.2) is 4.79 Å². The molecule has 13 aromatic rings. The minimum absolute atomic E-state index is 0.0742. The van der Waals surface area contributed by atoms with Crippen molar-refractivity contribution in [2.45, 2.75) is 135 Å². The first-order chi connectivity index (χ1) is 58.4. The highest BCUT2D eigenvalue weighted by molar-refractivity contribution is 7.14. The molecule has 0 bridgehead atoms. The maximum Gasteiger partial charge on any atom is 0.328 e. The van der Waals surface area contributed by atoms with E-state index in [2.05, 4.69) is 86.6 Å². The summed E-state index contributed by atoms with van der Waals surface area (Å²) in [6, 6.07) is 42.8. The summed E-state index contributed by atoms with van der Waals surface area (Å²) in [7, 11) is 2.68. The highest BCUT2D eigenvalue weighted by Crippen LogP contribution is 2.41. The molecule has 0 radical (unpaired) electrons. The van der Waals surface area contributed by atoms with E-state index >= 15 is 0 Å². The summed E-state index contributed by atoms with van der Waals surface area (Å²) < 4.78 is 40.2. The number of benzene rings is 1. The number of aromatic nitrogens is 6. The monoisotopic (exact) mass is 1740 g/mol. The molecule has 12 aromatic heterocycles. The predicted octanol–water partition coefficient (Wildman–Crippen LogP) is 17.3. The number of carbonyl (C=O) groups excluding carboxylic acids is 8. The lowest BCUT2D eigenvalue weighted by atomic mass is 10.0. The summed E-state index contributed by atoms with van der Waals surface area (Å²) in [5.41, 5.74) is 2.93. The normalized spacial score (nSPS) is 13.5. The summed E-state index contributed by atoms with van der Waals surface area (Å²) in [5, 5.41) is 60.4. The van der Waals surface area contributed by atoms with Crippen LogP contribution in [-0.4, -0.2) is 142 Å². The van der Waals surface area contributed by atoms with E-state index in [0.717, 1.165) is 93.5 Å². The Labute approximate surface area is 715 Å². The number of hydrogen-bond donors (Lipinski definition) is 7. The van der Waals surface area contributed by atoms with Gasteiger partial charge in [-0.1, -0.05) is 145 Å². The van der Waals surface area contributed by atoms with Gasteiger partial charge in [-0.3, -0.25) is 33.6 Å². The number of aliphatic hydroxyl groups excluding tert-OH is 1. The van der Waals surface area contributed by atoms with Crippen molar-refractivity contribution in [1.29, 1.82) is 0 Å². The number of unbranched alkanes of at least 4 members (excludes halogenated alkanes) is 3. The van der Waals surface area contributed by atoms with Gasteiger partial charge in [0.25, 0.3) is 35.4 Å². The fourth-order valence-corrected chi connectivity index (χ4v) is 15.1. The molecular weight excluding hydrogens is 1650 g/mol. The van der Waals surface area contributed by atoms with E-state index < -0.39 is 17.9 Å². The summed E-state index contributed by atoms with van der Waals surface area (Å²) in [4.78, 5) is 100. The van der Waals surface area contributed by atoms with E-state index in [4.69, 9.17) is 37.0 Å². The zero-order valence-corrected chi connectivity index (χ0v) is 71.5. The third-order valence-electron chi connectivity index (χ3n) is 17.6. The minimum atomic E-state index is -0.695. The van der Waals surface area contributed by atoms with Gasteiger partial charge in [-0.05, 0) is 144 Å². The second kappa shape index (κ2) is 47.7. The highest BCUT2D eigenvalue weighted by Gasteiger charge is 2.40. The molecule has 6 amide bonds. The molecule has 15 rings (SSSR count). The number of thiophene rings is 6. The molecule has 630 valence electrons. The molecule has 29 nitrogen and oxygen atoms in total. The first-order valence-electron chi connectivity index (χ1n) is 38.7. The van der Waals surface area contributed by atoms with Gasteiger partial charge in [0.05, 0.1) is 51.3 Å². The Morgan fingerprint density at radius 3 is 1.34 bits per heavy atom. The lowest BCUT2D eigenvalue weighted by Gasteiger charge is -2.17. The minimum Gasteiger partial charge on any atom is -0.469 e. The number of esters is 2. The van der Waals surface area contributed by atoms with Crippen molar-refractivity contribution in [2.75, 3.05) is 33.9 Å². The van der Waals surface area contributed by atoms with Crippen LogP contribution in [0.4, 0.5) is 0 Å². The predicted molar refractivity (Wildman–Crippen MR) is 460 cm³/mol. The molecular formula is C85H92N12O17S6. The summed E-state index contributed by atoms with van der Waals surface area (Å²) in [6.45, 7) is 9.16. The van der Waals surface area contributed by atoms with E-state index in [0.29, 0.717) is 89.5 Å². The van der Waals surface area contributed by atoms with E-state index in [1.807, 2.05) is 156 Å². The van der Waals surface area contributed by atoms with Gasteiger partial charge >= 0.3 is 11.9 Å². The Morgan fingerprint density at radius 1 is 0.475 bits per heavy atom. The number of ether oxygens (including phenoxy) is 2. The fourth-order valence-electron chi connectivity index (χ4n) is 11.1. The van der Waals surface area contributed by atoms with Crippen LogP contribution in [0.1, 0.15) is 190 Å². The average Bonchev–Trinajstić information content (AvgIpc) is 1.64. The van der Waals surface area contributed by atoms with Crippen LogP contribution < -0.4 is 31.9 Å². The lowest BCUT2D eigenvalue weighted by Crippen LogP contribution is -2.42. The van der Waals surface area contributed by atoms with Gasteiger partial charge in [-0.15, -0.1) is 68.0 Å². The van der Waals surface area contributed by atoms with Crippen molar-refractivity contribution in [3.63, 3.8) is 0 Å². The Balaban J connectivity index is 0.000000152.